The topological polar surface area (TPSA) is 126 Å². The Balaban J connectivity index is 0.000000461. The molecule has 0 aliphatic carbocycles. The van der Waals surface area contributed by atoms with Gasteiger partial charge in [0.1, 0.15) is 0 Å². The van der Waals surface area contributed by atoms with E-state index >= 15 is 0 Å². The van der Waals surface area contributed by atoms with Crippen molar-refractivity contribution in [2.24, 2.45) is 0 Å². The zero-order valence-electron chi connectivity index (χ0n) is 15.5. The van der Waals surface area contributed by atoms with Crippen LogP contribution in [0.2, 0.25) is 0 Å². The summed E-state index contributed by atoms with van der Waals surface area (Å²) in [5.74, 6) is 0. The summed E-state index contributed by atoms with van der Waals surface area (Å²) >= 11 is -7.58. The quantitative estimate of drug-likeness (QED) is 0.399. The molecule has 157 valence electrons. The fourth-order valence-electron chi connectivity index (χ4n) is 2.45. The van der Waals surface area contributed by atoms with Gasteiger partial charge in [-0.15, -0.1) is 0 Å². The molecular weight excluding hydrogens is 471 g/mol. The molecule has 0 saturated carbocycles. The predicted molar refractivity (Wildman–Crippen MR) is 101 cm³/mol. The molecule has 4 rings (SSSR count). The van der Waals surface area contributed by atoms with Crippen LogP contribution in [-0.2, 0) is 33.8 Å². The van der Waals surface area contributed by atoms with Crippen LogP contribution in [-0.4, -0.2) is 28.3 Å². The Morgan fingerprint density at radius 2 is 0.767 bits per heavy atom. The maximum atomic E-state index is 8.82. The van der Waals surface area contributed by atoms with Crippen LogP contribution in [0.4, 0.5) is 0 Å². The Labute approximate surface area is 177 Å². The number of pyridine rings is 4. The molecule has 4 heterocycles. The molecule has 0 unspecified atom stereocenters. The average Bonchev–Trinajstić information content (AvgIpc) is 2.76. The minimum absolute atomic E-state index is 0.948. The van der Waals surface area contributed by atoms with Crippen LogP contribution in [0.15, 0.2) is 97.6 Å². The van der Waals surface area contributed by atoms with Crippen molar-refractivity contribution in [3.8, 4) is 0 Å². The Morgan fingerprint density at radius 1 is 0.533 bits per heavy atom. The first-order valence-corrected chi connectivity index (χ1v) is 12.7. The fourth-order valence-corrected chi connectivity index (χ4v) is 6.65. The first kappa shape index (κ1) is 21.9. The van der Waals surface area contributed by atoms with Crippen molar-refractivity contribution in [3.63, 3.8) is 0 Å². The summed E-state index contributed by atoms with van der Waals surface area (Å²) in [4.78, 5) is 18.8. The number of hydrogen-bond donors (Lipinski definition) is 2. The van der Waals surface area contributed by atoms with E-state index in [0.717, 1.165) is 18.5 Å². The van der Waals surface area contributed by atoms with Crippen LogP contribution in [0, 0.1) is 0 Å². The number of hydrogen-bond acceptors (Lipinski definition) is 6. The van der Waals surface area contributed by atoms with Crippen molar-refractivity contribution >= 4 is 18.5 Å². The van der Waals surface area contributed by atoms with Gasteiger partial charge >= 0.3 is 178 Å². The first-order chi connectivity index (χ1) is 14.4. The van der Waals surface area contributed by atoms with Crippen molar-refractivity contribution in [2.75, 3.05) is 0 Å². The SMILES string of the molecule is [O]=[Cr](=[O])([OH])[OH].c1cc[c]([Co]([c]2ccccn2)([c]2ccccn2)[c]2ccccn2)nc1. The summed E-state index contributed by atoms with van der Waals surface area (Å²) in [6.45, 7) is 0. The van der Waals surface area contributed by atoms with Gasteiger partial charge < -0.3 is 0 Å². The third-order valence-electron chi connectivity index (χ3n) is 3.49. The van der Waals surface area contributed by atoms with Crippen LogP contribution >= 0.6 is 0 Å². The molecule has 0 fully saturated rings. The van der Waals surface area contributed by atoms with E-state index in [1.54, 1.807) is 0 Å². The van der Waals surface area contributed by atoms with E-state index in [4.69, 9.17) is 35.9 Å². The summed E-state index contributed by atoms with van der Waals surface area (Å²) in [5, 5.41) is 0. The van der Waals surface area contributed by atoms with E-state index in [-0.39, 0.29) is 0 Å². The van der Waals surface area contributed by atoms with Gasteiger partial charge in [0.2, 0.25) is 0 Å². The van der Waals surface area contributed by atoms with Crippen molar-refractivity contribution in [1.82, 2.24) is 19.9 Å². The molecule has 4 aromatic heterocycles. The van der Waals surface area contributed by atoms with E-state index in [1.807, 2.05) is 97.6 Å². The molecule has 8 nitrogen and oxygen atoms in total. The molecule has 0 aliphatic heterocycles. The van der Waals surface area contributed by atoms with Gasteiger partial charge in [-0.05, 0) is 0 Å². The number of rotatable bonds is 4. The molecular formula is C20H18CoCrN4O4. The van der Waals surface area contributed by atoms with E-state index in [2.05, 4.69) is 0 Å². The monoisotopic (exact) mass is 489 g/mol. The molecule has 0 aliphatic rings. The molecule has 0 bridgehead atoms. The minimum atomic E-state index is -5.25. The zero-order chi connectivity index (χ0) is 21.5. The van der Waals surface area contributed by atoms with Crippen molar-refractivity contribution in [2.45, 2.75) is 0 Å². The van der Waals surface area contributed by atoms with Gasteiger partial charge in [0, 0.05) is 0 Å². The molecule has 2 N–H and O–H groups in total. The second-order valence-corrected chi connectivity index (χ2v) is 10.6. The average molecular weight is 489 g/mol. The standard InChI is InChI=1S/4C5H4N.Co.Cr.2H2O.2O/c4*1-2-4-6-5-3-1;;;;;;/h4*1-4H;;;2*1H2;;/q;;;;;+2;;;;/p-2. The van der Waals surface area contributed by atoms with Crippen LogP contribution in [0.1, 0.15) is 0 Å². The Hall–Kier alpha value is -2.84. The van der Waals surface area contributed by atoms with Crippen LogP contribution < -0.4 is 18.5 Å². The Morgan fingerprint density at radius 3 is 0.933 bits per heavy atom. The maximum absolute atomic E-state index is 8.82. The van der Waals surface area contributed by atoms with Gasteiger partial charge in [0.05, 0.1) is 0 Å². The summed E-state index contributed by atoms with van der Waals surface area (Å²) in [6.07, 6.45) is 7.27. The van der Waals surface area contributed by atoms with Gasteiger partial charge in [0.25, 0.3) is 0 Å². The van der Waals surface area contributed by atoms with E-state index in [1.165, 1.54) is 0 Å². The van der Waals surface area contributed by atoms with Gasteiger partial charge in [-0.3, -0.25) is 0 Å². The Kier molecular flexibility index (Phi) is 7.12. The molecule has 30 heavy (non-hydrogen) atoms. The van der Waals surface area contributed by atoms with Crippen LogP contribution in [0.25, 0.3) is 0 Å². The summed E-state index contributed by atoms with van der Waals surface area (Å²) in [7, 11) is 0. The van der Waals surface area contributed by atoms with Crippen molar-refractivity contribution in [3.05, 3.63) is 97.6 Å². The molecule has 0 spiro atoms. The molecule has 4 aromatic rings. The zero-order valence-corrected chi connectivity index (χ0v) is 17.8. The van der Waals surface area contributed by atoms with E-state index in [0.29, 0.717) is 0 Å². The van der Waals surface area contributed by atoms with Crippen LogP contribution in [0.3, 0.4) is 0 Å². The van der Waals surface area contributed by atoms with Crippen LogP contribution in [0.5, 0.6) is 0 Å². The van der Waals surface area contributed by atoms with Crippen molar-refractivity contribution < 1.29 is 42.2 Å². The first-order valence-electron chi connectivity index (χ1n) is 8.45. The molecule has 0 aromatic carbocycles. The third kappa shape index (κ3) is 5.20. The third-order valence-corrected chi connectivity index (χ3v) is 7.92. The second kappa shape index (κ2) is 9.77. The van der Waals surface area contributed by atoms with E-state index in [9.17, 15) is 0 Å². The van der Waals surface area contributed by atoms with E-state index < -0.39 is 26.2 Å². The molecule has 0 atom stereocenters. The summed E-state index contributed by atoms with van der Waals surface area (Å²) in [5.41, 5.74) is 0. The van der Waals surface area contributed by atoms with Gasteiger partial charge in [-0.2, -0.15) is 0 Å². The predicted octanol–water partition coefficient (Wildman–Crippen LogP) is -0.332. The molecule has 0 saturated heterocycles. The summed E-state index contributed by atoms with van der Waals surface area (Å²) < 4.78 is 35.7. The number of aromatic nitrogens is 4. The Bertz CT molecular complexity index is 995. The molecule has 0 radical (unpaired) electrons. The van der Waals surface area contributed by atoms with Gasteiger partial charge in [-0.1, -0.05) is 0 Å². The summed E-state index contributed by atoms with van der Waals surface area (Å²) in [6, 6.07) is 23.9. The number of nitrogens with zero attached hydrogens (tertiary/aromatic N) is 4. The normalized spacial score (nSPS) is 11.8. The fraction of sp³-hybridized carbons (Fsp3) is 0. The van der Waals surface area contributed by atoms with Crippen molar-refractivity contribution in [1.29, 1.82) is 0 Å². The second-order valence-electron chi connectivity index (χ2n) is 5.47. The van der Waals surface area contributed by atoms with Gasteiger partial charge in [0.15, 0.2) is 0 Å². The van der Waals surface area contributed by atoms with Gasteiger partial charge in [-0.25, -0.2) is 0 Å². The molecule has 0 amide bonds. The molecule has 10 heteroatoms.